The van der Waals surface area contributed by atoms with Gasteiger partial charge in [-0.05, 0) is 44.4 Å². The van der Waals surface area contributed by atoms with Gasteiger partial charge in [-0.3, -0.25) is 14.5 Å². The van der Waals surface area contributed by atoms with E-state index in [1.165, 1.54) is 6.07 Å². The number of benzene rings is 1. The van der Waals surface area contributed by atoms with Crippen LogP contribution in [-0.4, -0.2) is 46.2 Å². The molecule has 0 radical (unpaired) electrons. The molecule has 28 heavy (non-hydrogen) atoms. The molecule has 1 N–H and O–H groups in total. The van der Waals surface area contributed by atoms with Crippen molar-refractivity contribution in [3.8, 4) is 11.3 Å². The molecule has 1 aromatic carbocycles. The quantitative estimate of drug-likeness (QED) is 0.651. The van der Waals surface area contributed by atoms with Crippen LogP contribution >= 0.6 is 0 Å². The smallest absolute Gasteiger partial charge is 0.226 e. The summed E-state index contributed by atoms with van der Waals surface area (Å²) in [4.78, 5) is 18.3. The minimum absolute atomic E-state index is 0.0886. The Morgan fingerprint density at radius 3 is 2.68 bits per heavy atom. The monoisotopic (exact) mass is 381 g/mol. The molecule has 0 atom stereocenters. The fraction of sp³-hybridized carbons (Fsp3) is 0.286. The molecule has 0 aliphatic rings. The van der Waals surface area contributed by atoms with E-state index in [1.807, 2.05) is 47.9 Å². The summed E-state index contributed by atoms with van der Waals surface area (Å²) in [5, 5.41) is 7.45. The summed E-state index contributed by atoms with van der Waals surface area (Å²) in [6.07, 6.45) is 1.91. The summed E-state index contributed by atoms with van der Waals surface area (Å²) in [7, 11) is 3.93. The largest absolute Gasteiger partial charge is 0.354 e. The summed E-state index contributed by atoms with van der Waals surface area (Å²) >= 11 is 0. The lowest BCUT2D eigenvalue weighted by atomic mass is 10.1. The second kappa shape index (κ2) is 9.23. The highest BCUT2D eigenvalue weighted by molar-refractivity contribution is 5.78. The molecular formula is C21H24FN5O. The van der Waals surface area contributed by atoms with E-state index in [1.54, 1.807) is 24.4 Å². The molecule has 0 saturated heterocycles. The molecular weight excluding hydrogens is 357 g/mol. The van der Waals surface area contributed by atoms with Crippen molar-refractivity contribution < 1.29 is 9.18 Å². The minimum atomic E-state index is -0.299. The van der Waals surface area contributed by atoms with Crippen LogP contribution in [0.2, 0.25) is 0 Å². The Balaban J connectivity index is 1.66. The Labute approximate surface area is 164 Å². The Bertz CT molecular complexity index is 924. The Hall–Kier alpha value is -3.06. The summed E-state index contributed by atoms with van der Waals surface area (Å²) in [5.41, 5.74) is 2.76. The van der Waals surface area contributed by atoms with Gasteiger partial charge in [0.05, 0.1) is 24.4 Å². The molecule has 146 valence electrons. The Morgan fingerprint density at radius 1 is 1.18 bits per heavy atom. The Kier molecular flexibility index (Phi) is 6.49. The first-order valence-electron chi connectivity index (χ1n) is 9.16. The van der Waals surface area contributed by atoms with Crippen LogP contribution in [0.15, 0.2) is 54.7 Å². The lowest BCUT2D eigenvalue weighted by Gasteiger charge is -2.12. The molecule has 0 saturated carbocycles. The highest BCUT2D eigenvalue weighted by atomic mass is 19.1. The number of nitrogens with zero attached hydrogens (tertiary/aromatic N) is 4. The van der Waals surface area contributed by atoms with Gasteiger partial charge in [-0.15, -0.1) is 0 Å². The van der Waals surface area contributed by atoms with Gasteiger partial charge in [-0.2, -0.15) is 5.10 Å². The number of halogens is 1. The number of pyridine rings is 1. The molecule has 6 nitrogen and oxygen atoms in total. The van der Waals surface area contributed by atoms with Gasteiger partial charge in [0.2, 0.25) is 5.91 Å². The number of amides is 1. The van der Waals surface area contributed by atoms with Gasteiger partial charge in [0, 0.05) is 30.5 Å². The van der Waals surface area contributed by atoms with Gasteiger partial charge in [-0.25, -0.2) is 4.39 Å². The number of nitrogens with one attached hydrogen (secondary N) is 1. The first kappa shape index (κ1) is 19.7. The van der Waals surface area contributed by atoms with Crippen molar-refractivity contribution in [3.05, 3.63) is 71.9 Å². The molecule has 3 rings (SSSR count). The van der Waals surface area contributed by atoms with Crippen LogP contribution in [0.1, 0.15) is 11.4 Å². The van der Waals surface area contributed by atoms with E-state index in [2.05, 4.69) is 15.4 Å². The fourth-order valence-corrected chi connectivity index (χ4v) is 2.93. The van der Waals surface area contributed by atoms with Crippen LogP contribution < -0.4 is 5.32 Å². The van der Waals surface area contributed by atoms with Crippen LogP contribution in [0.3, 0.4) is 0 Å². The Morgan fingerprint density at radius 2 is 1.96 bits per heavy atom. The van der Waals surface area contributed by atoms with E-state index >= 15 is 0 Å². The van der Waals surface area contributed by atoms with E-state index in [9.17, 15) is 9.18 Å². The maximum absolute atomic E-state index is 14.1. The number of aromatic nitrogens is 3. The zero-order valence-electron chi connectivity index (χ0n) is 16.1. The van der Waals surface area contributed by atoms with E-state index in [0.717, 1.165) is 11.4 Å². The van der Waals surface area contributed by atoms with Crippen LogP contribution in [0.4, 0.5) is 4.39 Å². The lowest BCUT2D eigenvalue weighted by Crippen LogP contribution is -2.29. The van der Waals surface area contributed by atoms with Gasteiger partial charge in [0.1, 0.15) is 5.82 Å². The van der Waals surface area contributed by atoms with E-state index < -0.39 is 0 Å². The highest BCUT2D eigenvalue weighted by Gasteiger charge is 2.13. The predicted octanol–water partition coefficient (Wildman–Crippen LogP) is 2.50. The molecule has 2 heterocycles. The van der Waals surface area contributed by atoms with Crippen molar-refractivity contribution in [2.24, 2.45) is 0 Å². The van der Waals surface area contributed by atoms with Crippen LogP contribution in [0.25, 0.3) is 11.3 Å². The van der Waals surface area contributed by atoms with Gasteiger partial charge in [0.25, 0.3) is 0 Å². The fourth-order valence-electron chi connectivity index (χ4n) is 2.93. The second-order valence-corrected chi connectivity index (χ2v) is 6.81. The van der Waals surface area contributed by atoms with Crippen LogP contribution in [-0.2, 0) is 24.3 Å². The molecule has 0 spiro atoms. The number of hydrogen-bond donors (Lipinski definition) is 1. The zero-order valence-corrected chi connectivity index (χ0v) is 16.1. The summed E-state index contributed by atoms with van der Waals surface area (Å²) < 4.78 is 15.9. The first-order chi connectivity index (χ1) is 13.5. The number of carbonyl (C=O) groups is 1. The molecule has 0 fully saturated rings. The van der Waals surface area contributed by atoms with Crippen LogP contribution in [0.5, 0.6) is 0 Å². The number of hydrogen-bond acceptors (Lipinski definition) is 4. The normalized spacial score (nSPS) is 11.0. The molecule has 1 amide bonds. The van der Waals surface area contributed by atoms with Gasteiger partial charge in [-0.1, -0.05) is 18.2 Å². The molecule has 0 aliphatic carbocycles. The average molecular weight is 381 g/mol. The third-order valence-corrected chi connectivity index (χ3v) is 4.20. The molecule has 0 bridgehead atoms. The first-order valence-corrected chi connectivity index (χ1v) is 9.16. The third-order valence-electron chi connectivity index (χ3n) is 4.20. The van der Waals surface area contributed by atoms with Crippen molar-refractivity contribution in [2.45, 2.75) is 19.5 Å². The van der Waals surface area contributed by atoms with Gasteiger partial charge in [0.15, 0.2) is 0 Å². The standard InChI is InChI=1S/C21H24FN5O/c1-26(2)15-17-14-20(18-8-3-4-9-19(18)22)25-27(17)12-11-24-21(28)13-16-7-5-6-10-23-16/h3-10,14H,11-13,15H2,1-2H3,(H,24,28). The second-order valence-electron chi connectivity index (χ2n) is 6.81. The lowest BCUT2D eigenvalue weighted by molar-refractivity contribution is -0.120. The number of rotatable bonds is 8. The summed E-state index contributed by atoms with van der Waals surface area (Å²) in [6, 6.07) is 14.0. The topological polar surface area (TPSA) is 63.1 Å². The third kappa shape index (κ3) is 5.23. The highest BCUT2D eigenvalue weighted by Crippen LogP contribution is 2.22. The van der Waals surface area contributed by atoms with Gasteiger partial charge >= 0.3 is 0 Å². The molecule has 3 aromatic rings. The van der Waals surface area contributed by atoms with Crippen molar-refractivity contribution in [1.29, 1.82) is 0 Å². The van der Waals surface area contributed by atoms with Crippen molar-refractivity contribution >= 4 is 5.91 Å². The average Bonchev–Trinajstić information content (AvgIpc) is 3.04. The van der Waals surface area contributed by atoms with E-state index in [0.29, 0.717) is 30.9 Å². The SMILES string of the molecule is CN(C)Cc1cc(-c2ccccc2F)nn1CCNC(=O)Cc1ccccn1. The zero-order chi connectivity index (χ0) is 19.9. The summed E-state index contributed by atoms with van der Waals surface area (Å²) in [6.45, 7) is 1.61. The molecule has 0 unspecified atom stereocenters. The van der Waals surface area contributed by atoms with Crippen molar-refractivity contribution in [2.75, 3.05) is 20.6 Å². The predicted molar refractivity (Wildman–Crippen MR) is 106 cm³/mol. The molecule has 0 aliphatic heterocycles. The van der Waals surface area contributed by atoms with E-state index in [-0.39, 0.29) is 18.1 Å². The maximum Gasteiger partial charge on any atom is 0.226 e. The van der Waals surface area contributed by atoms with Gasteiger partial charge < -0.3 is 10.2 Å². The van der Waals surface area contributed by atoms with Crippen molar-refractivity contribution in [1.82, 2.24) is 25.0 Å². The summed E-state index contributed by atoms with van der Waals surface area (Å²) in [5.74, 6) is -0.387. The van der Waals surface area contributed by atoms with Crippen LogP contribution in [0, 0.1) is 5.82 Å². The minimum Gasteiger partial charge on any atom is -0.354 e. The van der Waals surface area contributed by atoms with Crippen molar-refractivity contribution in [3.63, 3.8) is 0 Å². The van der Waals surface area contributed by atoms with E-state index in [4.69, 9.17) is 0 Å². The molecule has 2 aromatic heterocycles. The number of carbonyl (C=O) groups excluding carboxylic acids is 1. The maximum atomic E-state index is 14.1. The molecule has 7 heteroatoms.